The van der Waals surface area contributed by atoms with Crippen LogP contribution >= 0.6 is 0 Å². The van der Waals surface area contributed by atoms with Gasteiger partial charge in [-0.2, -0.15) is 13.2 Å². The van der Waals surface area contributed by atoms with Crippen LogP contribution in [0.15, 0.2) is 54.7 Å². The maximum absolute atomic E-state index is 13.9. The molecular formula is C37H48F3N5O4. The van der Waals surface area contributed by atoms with E-state index < -0.39 is 43.0 Å². The summed E-state index contributed by atoms with van der Waals surface area (Å²) in [6.07, 6.45) is 6.89. The van der Waals surface area contributed by atoms with Gasteiger partial charge in [-0.1, -0.05) is 81.3 Å². The highest BCUT2D eigenvalue weighted by molar-refractivity contribution is 5.84. The van der Waals surface area contributed by atoms with Crippen molar-refractivity contribution in [3.63, 3.8) is 0 Å². The Morgan fingerprint density at radius 2 is 1.69 bits per heavy atom. The number of ether oxygens (including phenoxy) is 1. The number of imidazole rings is 1. The summed E-state index contributed by atoms with van der Waals surface area (Å²) < 4.78 is 49.7. The second-order valence-corrected chi connectivity index (χ2v) is 13.2. The average Bonchev–Trinajstić information content (AvgIpc) is 3.45. The number of carboxylic acid groups (broad SMARTS) is 1. The number of carbonyl (C=O) groups is 2. The first kappa shape index (κ1) is 36.1. The number of carboxylic acids is 1. The van der Waals surface area contributed by atoms with E-state index in [4.69, 9.17) is 4.74 Å². The Morgan fingerprint density at radius 1 is 0.959 bits per heavy atom. The van der Waals surface area contributed by atoms with Crippen molar-refractivity contribution in [3.05, 3.63) is 77.1 Å². The van der Waals surface area contributed by atoms with Crippen molar-refractivity contribution < 1.29 is 32.6 Å². The quantitative estimate of drug-likeness (QED) is 0.121. The van der Waals surface area contributed by atoms with Gasteiger partial charge in [-0.05, 0) is 54.5 Å². The molecule has 1 amide bonds. The molecule has 0 saturated carbocycles. The normalized spacial score (nSPS) is 17.4. The lowest BCUT2D eigenvalue weighted by Gasteiger charge is -2.33. The molecule has 2 aromatic carbocycles. The Labute approximate surface area is 286 Å². The molecule has 12 heteroatoms. The second-order valence-electron chi connectivity index (χ2n) is 13.2. The fourth-order valence-corrected chi connectivity index (χ4v) is 6.92. The summed E-state index contributed by atoms with van der Waals surface area (Å²) in [4.78, 5) is 30.7. The number of nitrogens with one attached hydrogen (secondary N) is 2. The molecule has 3 N–H and O–H groups in total. The average molecular weight is 684 g/mol. The molecule has 266 valence electrons. The van der Waals surface area contributed by atoms with E-state index in [2.05, 4.69) is 40.0 Å². The number of halogens is 3. The minimum Gasteiger partial charge on any atom is -0.493 e. The minimum atomic E-state index is -4.63. The number of anilines is 1. The summed E-state index contributed by atoms with van der Waals surface area (Å²) in [5.41, 5.74) is 6.70. The van der Waals surface area contributed by atoms with E-state index in [0.29, 0.717) is 42.7 Å². The van der Waals surface area contributed by atoms with E-state index in [1.807, 2.05) is 16.9 Å². The lowest BCUT2D eigenvalue weighted by Crippen LogP contribution is -2.44. The summed E-state index contributed by atoms with van der Waals surface area (Å²) in [5.74, 6) is -1.82. The summed E-state index contributed by atoms with van der Waals surface area (Å²) >= 11 is 0. The molecule has 3 aromatic rings. The van der Waals surface area contributed by atoms with Gasteiger partial charge in [0.15, 0.2) is 0 Å². The molecule has 0 spiro atoms. The van der Waals surface area contributed by atoms with Crippen LogP contribution in [0.5, 0.6) is 5.75 Å². The van der Waals surface area contributed by atoms with Crippen molar-refractivity contribution >= 4 is 17.8 Å². The topological polar surface area (TPSA) is 109 Å². The number of aromatic nitrogens is 2. The van der Waals surface area contributed by atoms with Crippen LogP contribution in [-0.4, -0.2) is 64.0 Å². The standard InChI is InChI=1S/C37H48F3N5O4/c38-37(39,40)26-44-33(15-11-6-4-2-1-3-5-8-12-27-13-9-7-10-14-27)32-24-31(17-16-28(32)22-29(35(44)48)23-34(46)47)49-21-18-30-25-45-36(43-30)41-19-20-42-45/h7,9-10,13-14,16-17,24-25,29,33,42H,1-6,8,11-12,15,18-23,26H2,(H,41,43)(H,46,47). The van der Waals surface area contributed by atoms with E-state index >= 15 is 0 Å². The summed E-state index contributed by atoms with van der Waals surface area (Å²) in [7, 11) is 0. The molecule has 5 rings (SSSR count). The van der Waals surface area contributed by atoms with E-state index in [-0.39, 0.29) is 6.42 Å². The Bertz CT molecular complexity index is 1490. The number of benzene rings is 2. The van der Waals surface area contributed by atoms with Crippen LogP contribution in [0.25, 0.3) is 0 Å². The maximum atomic E-state index is 13.9. The largest absolute Gasteiger partial charge is 0.493 e. The van der Waals surface area contributed by atoms with Crippen molar-refractivity contribution in [2.75, 3.05) is 37.0 Å². The van der Waals surface area contributed by atoms with Crippen molar-refractivity contribution in [2.45, 2.75) is 95.7 Å². The Kier molecular flexibility index (Phi) is 12.8. The molecule has 2 unspecified atom stereocenters. The van der Waals surface area contributed by atoms with Gasteiger partial charge in [0.25, 0.3) is 0 Å². The number of aliphatic carboxylic acids is 1. The molecule has 0 radical (unpaired) electrons. The number of rotatable bonds is 18. The van der Waals surface area contributed by atoms with E-state index in [1.54, 1.807) is 18.2 Å². The third-order valence-corrected chi connectivity index (χ3v) is 9.33. The SMILES string of the molecule is O=C(O)CC1Cc2ccc(OCCc3cn4c(n3)NCCN4)cc2C(CCCCCCCCCCc2ccccc2)N(CC(F)(F)F)C1=O. The van der Waals surface area contributed by atoms with Crippen LogP contribution in [-0.2, 0) is 28.9 Å². The predicted octanol–water partition coefficient (Wildman–Crippen LogP) is 7.31. The molecule has 0 bridgehead atoms. The monoisotopic (exact) mass is 683 g/mol. The molecule has 2 atom stereocenters. The third kappa shape index (κ3) is 10.9. The summed E-state index contributed by atoms with van der Waals surface area (Å²) in [5, 5.41) is 12.7. The Hall–Kier alpha value is -4.22. The number of amides is 1. The molecule has 0 aliphatic carbocycles. The number of carbonyl (C=O) groups excluding carboxylic acids is 1. The van der Waals surface area contributed by atoms with Gasteiger partial charge in [-0.25, -0.2) is 9.66 Å². The van der Waals surface area contributed by atoms with Gasteiger partial charge in [-0.15, -0.1) is 0 Å². The second kappa shape index (κ2) is 17.4. The molecule has 1 aromatic heterocycles. The van der Waals surface area contributed by atoms with Gasteiger partial charge >= 0.3 is 12.1 Å². The van der Waals surface area contributed by atoms with Gasteiger partial charge in [0, 0.05) is 19.5 Å². The zero-order valence-corrected chi connectivity index (χ0v) is 28.0. The molecular weight excluding hydrogens is 635 g/mol. The van der Waals surface area contributed by atoms with Crippen LogP contribution < -0.4 is 15.5 Å². The predicted molar refractivity (Wildman–Crippen MR) is 182 cm³/mol. The highest BCUT2D eigenvalue weighted by Crippen LogP contribution is 2.39. The molecule has 2 aliphatic heterocycles. The van der Waals surface area contributed by atoms with Crippen LogP contribution in [0.4, 0.5) is 19.1 Å². The minimum absolute atomic E-state index is 0.0656. The third-order valence-electron chi connectivity index (χ3n) is 9.33. The van der Waals surface area contributed by atoms with Crippen LogP contribution in [0.2, 0.25) is 0 Å². The Balaban J connectivity index is 1.21. The van der Waals surface area contributed by atoms with Crippen molar-refractivity contribution in [1.29, 1.82) is 0 Å². The maximum Gasteiger partial charge on any atom is 0.406 e. The zero-order valence-electron chi connectivity index (χ0n) is 28.0. The van der Waals surface area contributed by atoms with Crippen molar-refractivity contribution in [2.24, 2.45) is 5.92 Å². The van der Waals surface area contributed by atoms with E-state index in [9.17, 15) is 27.9 Å². The molecule has 0 saturated heterocycles. The number of aryl methyl sites for hydroxylation is 1. The number of hydrogen-bond acceptors (Lipinski definition) is 6. The first-order valence-electron chi connectivity index (χ1n) is 17.6. The summed E-state index contributed by atoms with van der Waals surface area (Å²) in [6.45, 7) is 0.443. The molecule has 2 aliphatic rings. The fraction of sp³-hybridized carbons (Fsp3) is 0.541. The number of alkyl halides is 3. The van der Waals surface area contributed by atoms with Gasteiger partial charge in [0.1, 0.15) is 12.3 Å². The van der Waals surface area contributed by atoms with Crippen molar-refractivity contribution in [1.82, 2.24) is 14.6 Å². The van der Waals surface area contributed by atoms with Crippen LogP contribution in [0, 0.1) is 5.92 Å². The van der Waals surface area contributed by atoms with Gasteiger partial charge in [0.05, 0.1) is 36.9 Å². The zero-order chi connectivity index (χ0) is 34.6. The van der Waals surface area contributed by atoms with Gasteiger partial charge in [-0.3, -0.25) is 9.59 Å². The summed E-state index contributed by atoms with van der Waals surface area (Å²) in [6, 6.07) is 14.9. The van der Waals surface area contributed by atoms with Crippen molar-refractivity contribution in [3.8, 4) is 5.75 Å². The van der Waals surface area contributed by atoms with Crippen LogP contribution in [0.3, 0.4) is 0 Å². The number of unbranched alkanes of at least 4 members (excludes halogenated alkanes) is 7. The number of nitrogens with zero attached hydrogens (tertiary/aromatic N) is 3. The smallest absolute Gasteiger partial charge is 0.406 e. The molecule has 49 heavy (non-hydrogen) atoms. The van der Waals surface area contributed by atoms with E-state index in [0.717, 1.165) is 74.6 Å². The van der Waals surface area contributed by atoms with Gasteiger partial charge in [0.2, 0.25) is 11.9 Å². The molecule has 3 heterocycles. The highest BCUT2D eigenvalue weighted by Gasteiger charge is 2.42. The Morgan fingerprint density at radius 3 is 2.41 bits per heavy atom. The fourth-order valence-electron chi connectivity index (χ4n) is 6.92. The first-order chi connectivity index (χ1) is 23.7. The number of fused-ring (bicyclic) bond motifs is 2. The van der Waals surface area contributed by atoms with E-state index in [1.165, 1.54) is 12.0 Å². The number of hydrogen-bond donors (Lipinski definition) is 3. The molecule has 0 fully saturated rings. The lowest BCUT2D eigenvalue weighted by molar-refractivity contribution is -0.169. The van der Waals surface area contributed by atoms with Crippen LogP contribution in [0.1, 0.15) is 92.6 Å². The first-order valence-corrected chi connectivity index (χ1v) is 17.6. The van der Waals surface area contributed by atoms with Gasteiger partial charge < -0.3 is 25.5 Å². The highest BCUT2D eigenvalue weighted by atomic mass is 19.4. The lowest BCUT2D eigenvalue weighted by atomic mass is 9.91. The molecule has 9 nitrogen and oxygen atoms in total.